The summed E-state index contributed by atoms with van der Waals surface area (Å²) in [6, 6.07) is 2.59. The van der Waals surface area contributed by atoms with Crippen molar-refractivity contribution in [1.82, 2.24) is 10.7 Å². The predicted molar refractivity (Wildman–Crippen MR) is 124 cm³/mol. The Hall–Kier alpha value is -3.28. The lowest BCUT2D eigenvalue weighted by molar-refractivity contribution is 0.569. The maximum atomic E-state index is 14.7. The summed E-state index contributed by atoms with van der Waals surface area (Å²) < 4.78 is 29.4. The van der Waals surface area contributed by atoms with Crippen LogP contribution in [0.15, 0.2) is 81.3 Å². The van der Waals surface area contributed by atoms with Crippen LogP contribution in [0.25, 0.3) is 0 Å². The first-order valence-electron chi connectivity index (χ1n) is 10.4. The maximum Gasteiger partial charge on any atom is 0.127 e. The number of hydrazone groups is 1. The van der Waals surface area contributed by atoms with E-state index in [-0.39, 0.29) is 6.42 Å². The summed E-state index contributed by atoms with van der Waals surface area (Å²) in [5.74, 6) is -0.809. The highest BCUT2D eigenvalue weighted by atomic mass is 19.1. The van der Waals surface area contributed by atoms with Crippen molar-refractivity contribution < 1.29 is 8.78 Å². The van der Waals surface area contributed by atoms with Crippen LogP contribution in [0.3, 0.4) is 0 Å². The maximum absolute atomic E-state index is 14.7. The molecule has 1 aromatic rings. The largest absolute Gasteiger partial charge is 0.384 e. The Morgan fingerprint density at radius 2 is 2.00 bits per heavy atom. The van der Waals surface area contributed by atoms with Crippen molar-refractivity contribution in [3.63, 3.8) is 0 Å². The van der Waals surface area contributed by atoms with Gasteiger partial charge in [0.05, 0.1) is 17.6 Å². The molecule has 0 amide bonds. The molecule has 1 aliphatic heterocycles. The molecule has 3 rings (SSSR count). The smallest absolute Gasteiger partial charge is 0.127 e. The van der Waals surface area contributed by atoms with Crippen molar-refractivity contribution in [2.45, 2.75) is 39.0 Å². The summed E-state index contributed by atoms with van der Waals surface area (Å²) >= 11 is 0. The van der Waals surface area contributed by atoms with Crippen LogP contribution in [-0.4, -0.2) is 19.5 Å². The van der Waals surface area contributed by atoms with Crippen LogP contribution < -0.4 is 10.7 Å². The van der Waals surface area contributed by atoms with E-state index in [0.717, 1.165) is 41.0 Å². The second kappa shape index (κ2) is 10.7. The summed E-state index contributed by atoms with van der Waals surface area (Å²) in [5, 5.41) is 7.34. The average Bonchev–Trinajstić information content (AvgIpc) is 2.75. The van der Waals surface area contributed by atoms with Crippen LogP contribution in [0.2, 0.25) is 0 Å². The molecule has 0 fully saturated rings. The summed E-state index contributed by atoms with van der Waals surface area (Å²) in [6.07, 6.45) is 12.5. The van der Waals surface area contributed by atoms with Crippen LogP contribution >= 0.6 is 0 Å². The number of allylic oxidation sites excluding steroid dienone is 7. The molecule has 4 nitrogen and oxygen atoms in total. The number of nitrogens with zero attached hydrogens (tertiary/aromatic N) is 2. The highest BCUT2D eigenvalue weighted by Gasteiger charge is 2.13. The quantitative estimate of drug-likeness (QED) is 0.443. The van der Waals surface area contributed by atoms with Gasteiger partial charge in [-0.25, -0.2) is 8.78 Å². The van der Waals surface area contributed by atoms with Crippen molar-refractivity contribution in [3.05, 3.63) is 94.0 Å². The summed E-state index contributed by atoms with van der Waals surface area (Å²) in [4.78, 5) is 4.05. The molecule has 0 unspecified atom stereocenters. The number of aliphatic imine (C=N–C) groups is 1. The molecular formula is C25H28F2N4. The van der Waals surface area contributed by atoms with E-state index in [1.165, 1.54) is 12.1 Å². The molecule has 31 heavy (non-hydrogen) atoms. The van der Waals surface area contributed by atoms with Gasteiger partial charge in [0.2, 0.25) is 0 Å². The normalized spacial score (nSPS) is 20.7. The standard InChI is InChI=1S/C25H28F2N4/c1-17-11-18(2)21(16-31-30-15-17)12-20-14-22(26)19(13-23(20)27)7-6-10-29-25-9-5-4-8-24(25)28-3/h5,9,11,13-16,29,31H,2-4,6-8,10,12H2,1H3/b17-11-,21-16-,30-15-. The number of benzene rings is 1. The van der Waals surface area contributed by atoms with Gasteiger partial charge < -0.3 is 5.32 Å². The highest BCUT2D eigenvalue weighted by molar-refractivity contribution is 5.79. The third-order valence-electron chi connectivity index (χ3n) is 5.26. The number of hydrogen-bond donors (Lipinski definition) is 2. The Balaban J connectivity index is 1.62. The monoisotopic (exact) mass is 422 g/mol. The number of halogens is 2. The third kappa shape index (κ3) is 6.10. The van der Waals surface area contributed by atoms with Crippen molar-refractivity contribution in [2.75, 3.05) is 6.54 Å². The lowest BCUT2D eigenvalue weighted by atomic mass is 9.96. The first-order valence-corrected chi connectivity index (χ1v) is 10.4. The van der Waals surface area contributed by atoms with Gasteiger partial charge in [-0.15, -0.1) is 0 Å². The van der Waals surface area contributed by atoms with E-state index in [9.17, 15) is 8.78 Å². The van der Waals surface area contributed by atoms with E-state index in [1.54, 1.807) is 12.4 Å². The zero-order valence-corrected chi connectivity index (χ0v) is 17.8. The minimum absolute atomic E-state index is 0.230. The lowest BCUT2D eigenvalue weighted by Gasteiger charge is -2.15. The number of nitrogens with one attached hydrogen (secondary N) is 2. The molecule has 1 aliphatic carbocycles. The van der Waals surface area contributed by atoms with Gasteiger partial charge in [0.15, 0.2) is 0 Å². The molecule has 2 N–H and O–H groups in total. The third-order valence-corrected chi connectivity index (χ3v) is 5.26. The topological polar surface area (TPSA) is 48.8 Å². The van der Waals surface area contributed by atoms with E-state index in [2.05, 4.69) is 40.2 Å². The second-order valence-corrected chi connectivity index (χ2v) is 7.67. The van der Waals surface area contributed by atoms with Gasteiger partial charge in [0.1, 0.15) is 11.6 Å². The van der Waals surface area contributed by atoms with E-state index >= 15 is 0 Å². The van der Waals surface area contributed by atoms with Crippen molar-refractivity contribution in [2.24, 2.45) is 10.1 Å². The van der Waals surface area contributed by atoms with Crippen molar-refractivity contribution >= 4 is 12.9 Å². The Bertz CT molecular complexity index is 1010. The Morgan fingerprint density at radius 3 is 2.81 bits per heavy atom. The number of hydrogen-bond acceptors (Lipinski definition) is 4. The molecule has 1 heterocycles. The summed E-state index contributed by atoms with van der Waals surface area (Å²) in [7, 11) is 0. The molecule has 0 saturated carbocycles. The van der Waals surface area contributed by atoms with Gasteiger partial charge in [0.25, 0.3) is 0 Å². The van der Waals surface area contributed by atoms with Crippen LogP contribution in [0.5, 0.6) is 0 Å². The minimum atomic E-state index is -0.416. The van der Waals surface area contributed by atoms with Gasteiger partial charge in [-0.3, -0.25) is 10.4 Å². The Labute approximate surface area is 182 Å². The number of aryl methyl sites for hydroxylation is 1. The van der Waals surface area contributed by atoms with Gasteiger partial charge in [-0.05, 0) is 85.4 Å². The first kappa shape index (κ1) is 22.4. The molecule has 6 heteroatoms. The molecule has 0 radical (unpaired) electrons. The van der Waals surface area contributed by atoms with E-state index in [1.807, 2.05) is 19.1 Å². The molecule has 0 bridgehead atoms. The Kier molecular flexibility index (Phi) is 7.70. The fourth-order valence-corrected chi connectivity index (χ4v) is 3.56. The van der Waals surface area contributed by atoms with Crippen molar-refractivity contribution in [3.8, 4) is 0 Å². The van der Waals surface area contributed by atoms with Crippen molar-refractivity contribution in [1.29, 1.82) is 0 Å². The molecule has 162 valence electrons. The van der Waals surface area contributed by atoms with Gasteiger partial charge in [-0.2, -0.15) is 5.10 Å². The number of rotatable bonds is 8. The van der Waals surface area contributed by atoms with Crippen LogP contribution in [0.1, 0.15) is 37.3 Å². The van der Waals surface area contributed by atoms with Gasteiger partial charge >= 0.3 is 0 Å². The molecule has 0 saturated heterocycles. The van der Waals surface area contributed by atoms with Crippen LogP contribution in [0, 0.1) is 11.6 Å². The molecular weight excluding hydrogens is 394 g/mol. The fraction of sp³-hybridized carbons (Fsp3) is 0.280. The molecule has 0 aromatic heterocycles. The van der Waals surface area contributed by atoms with Gasteiger partial charge in [-0.1, -0.05) is 18.7 Å². The fourth-order valence-electron chi connectivity index (χ4n) is 3.56. The second-order valence-electron chi connectivity index (χ2n) is 7.67. The van der Waals surface area contributed by atoms with E-state index in [4.69, 9.17) is 0 Å². The molecule has 2 aliphatic rings. The molecule has 0 atom stereocenters. The zero-order valence-electron chi connectivity index (χ0n) is 17.8. The van der Waals surface area contributed by atoms with E-state index < -0.39 is 11.6 Å². The lowest BCUT2D eigenvalue weighted by Crippen LogP contribution is -2.17. The first-order chi connectivity index (χ1) is 15.0. The highest BCUT2D eigenvalue weighted by Crippen LogP contribution is 2.23. The summed E-state index contributed by atoms with van der Waals surface area (Å²) in [5.41, 5.74) is 7.79. The molecule has 0 spiro atoms. The van der Waals surface area contributed by atoms with Gasteiger partial charge in [0, 0.05) is 19.2 Å². The average molecular weight is 423 g/mol. The predicted octanol–water partition coefficient (Wildman–Crippen LogP) is 5.27. The van der Waals surface area contributed by atoms with Crippen LogP contribution in [-0.2, 0) is 12.8 Å². The van der Waals surface area contributed by atoms with Crippen LogP contribution in [0.4, 0.5) is 8.78 Å². The summed E-state index contributed by atoms with van der Waals surface area (Å²) in [6.45, 7) is 10.2. The van der Waals surface area contributed by atoms with E-state index in [0.29, 0.717) is 30.5 Å². The zero-order chi connectivity index (χ0) is 22.2. The SMILES string of the molecule is C=NC1=C(NCCCc2cc(F)c(C/C3=C/N/N=C\C(C)=C/C3=C)cc2F)C=CCC1. The minimum Gasteiger partial charge on any atom is -0.384 e. The molecule has 1 aromatic carbocycles. The Morgan fingerprint density at radius 1 is 1.23 bits per heavy atom.